The van der Waals surface area contributed by atoms with Crippen molar-refractivity contribution < 1.29 is 17.9 Å². The fourth-order valence-electron chi connectivity index (χ4n) is 1.78. The summed E-state index contributed by atoms with van der Waals surface area (Å²) in [6, 6.07) is 10.5. The minimum absolute atomic E-state index is 0.245. The van der Waals surface area contributed by atoms with Crippen LogP contribution in [0.2, 0.25) is 0 Å². The fourth-order valence-corrected chi connectivity index (χ4v) is 1.95. The Kier molecular flexibility index (Phi) is 4.18. The molecule has 0 bridgehead atoms. The molecular weight excluding hydrogens is 299 g/mol. The standard InChI is InChI=1S/C15H12F3NOS/c1-9-2-4-10(5-3-9)20-11-6-7-13(15(16,17)18)12(8-11)14(19)21/h2-8H,1H3,(H2,19,21). The first-order valence-electron chi connectivity index (χ1n) is 6.03. The van der Waals surface area contributed by atoms with E-state index in [-0.39, 0.29) is 16.3 Å². The third kappa shape index (κ3) is 3.72. The van der Waals surface area contributed by atoms with Gasteiger partial charge in [-0.2, -0.15) is 13.2 Å². The van der Waals surface area contributed by atoms with Crippen molar-refractivity contribution in [1.82, 2.24) is 0 Å². The summed E-state index contributed by atoms with van der Waals surface area (Å²) in [5.74, 6) is 0.768. The lowest BCUT2D eigenvalue weighted by Gasteiger charge is -2.14. The number of halogens is 3. The van der Waals surface area contributed by atoms with E-state index in [1.165, 1.54) is 12.1 Å². The van der Waals surface area contributed by atoms with E-state index < -0.39 is 11.7 Å². The van der Waals surface area contributed by atoms with E-state index in [0.29, 0.717) is 5.75 Å². The number of alkyl halides is 3. The topological polar surface area (TPSA) is 35.2 Å². The van der Waals surface area contributed by atoms with Crippen molar-refractivity contribution in [3.8, 4) is 11.5 Å². The lowest BCUT2D eigenvalue weighted by atomic mass is 10.1. The van der Waals surface area contributed by atoms with Crippen molar-refractivity contribution in [2.24, 2.45) is 5.73 Å². The number of benzene rings is 2. The lowest BCUT2D eigenvalue weighted by molar-refractivity contribution is -0.137. The lowest BCUT2D eigenvalue weighted by Crippen LogP contribution is -2.17. The Bertz CT molecular complexity index is 666. The van der Waals surface area contributed by atoms with Gasteiger partial charge in [-0.25, -0.2) is 0 Å². The molecule has 0 fully saturated rings. The molecule has 110 valence electrons. The van der Waals surface area contributed by atoms with Crippen molar-refractivity contribution in [2.75, 3.05) is 0 Å². The predicted molar refractivity (Wildman–Crippen MR) is 78.6 cm³/mol. The van der Waals surface area contributed by atoms with Gasteiger partial charge in [0.05, 0.1) is 5.56 Å². The van der Waals surface area contributed by atoms with Gasteiger partial charge in [-0.3, -0.25) is 0 Å². The molecule has 0 radical (unpaired) electrons. The second kappa shape index (κ2) is 5.73. The number of hydrogen-bond acceptors (Lipinski definition) is 2. The van der Waals surface area contributed by atoms with E-state index in [0.717, 1.165) is 11.6 Å². The number of thiocarbonyl (C=S) groups is 1. The number of ether oxygens (including phenoxy) is 1. The zero-order chi connectivity index (χ0) is 15.6. The van der Waals surface area contributed by atoms with Crippen molar-refractivity contribution in [3.63, 3.8) is 0 Å². The molecular formula is C15H12F3NOS. The molecule has 2 aromatic carbocycles. The van der Waals surface area contributed by atoms with E-state index >= 15 is 0 Å². The van der Waals surface area contributed by atoms with Gasteiger partial charge in [-0.1, -0.05) is 29.9 Å². The maximum Gasteiger partial charge on any atom is 0.417 e. The quantitative estimate of drug-likeness (QED) is 0.851. The molecule has 0 saturated heterocycles. The maximum atomic E-state index is 12.9. The van der Waals surface area contributed by atoms with E-state index in [2.05, 4.69) is 12.2 Å². The van der Waals surface area contributed by atoms with E-state index in [1.54, 1.807) is 12.1 Å². The normalized spacial score (nSPS) is 11.2. The molecule has 2 rings (SSSR count). The minimum atomic E-state index is -4.51. The second-order valence-electron chi connectivity index (χ2n) is 4.48. The summed E-state index contributed by atoms with van der Waals surface area (Å²) in [5, 5.41) is 0. The molecule has 2 N–H and O–H groups in total. The minimum Gasteiger partial charge on any atom is -0.457 e. The summed E-state index contributed by atoms with van der Waals surface area (Å²) in [4.78, 5) is -0.323. The molecule has 0 unspecified atom stereocenters. The van der Waals surface area contributed by atoms with Crippen LogP contribution in [0.15, 0.2) is 42.5 Å². The highest BCUT2D eigenvalue weighted by atomic mass is 32.1. The fraction of sp³-hybridized carbons (Fsp3) is 0.133. The Hall–Kier alpha value is -2.08. The van der Waals surface area contributed by atoms with Gasteiger partial charge in [0.15, 0.2) is 0 Å². The Morgan fingerprint density at radius 1 is 1.05 bits per heavy atom. The van der Waals surface area contributed by atoms with Gasteiger partial charge in [0.2, 0.25) is 0 Å². The first-order valence-corrected chi connectivity index (χ1v) is 6.44. The van der Waals surface area contributed by atoms with Crippen LogP contribution in [0.4, 0.5) is 13.2 Å². The second-order valence-corrected chi connectivity index (χ2v) is 4.92. The smallest absolute Gasteiger partial charge is 0.417 e. The molecule has 0 aromatic heterocycles. The van der Waals surface area contributed by atoms with Gasteiger partial charge >= 0.3 is 6.18 Å². The molecule has 0 spiro atoms. The van der Waals surface area contributed by atoms with Crippen LogP contribution >= 0.6 is 12.2 Å². The molecule has 2 nitrogen and oxygen atoms in total. The van der Waals surface area contributed by atoms with Crippen LogP contribution in [-0.4, -0.2) is 4.99 Å². The molecule has 0 aliphatic heterocycles. The predicted octanol–water partition coefficient (Wildman–Crippen LogP) is 4.44. The van der Waals surface area contributed by atoms with Crippen LogP contribution in [0.1, 0.15) is 16.7 Å². The van der Waals surface area contributed by atoms with Crippen LogP contribution in [0.3, 0.4) is 0 Å². The number of hydrogen-bond donors (Lipinski definition) is 1. The summed E-state index contributed by atoms with van der Waals surface area (Å²) in [6.45, 7) is 1.92. The average molecular weight is 311 g/mol. The highest BCUT2D eigenvalue weighted by Gasteiger charge is 2.34. The SMILES string of the molecule is Cc1ccc(Oc2ccc(C(F)(F)F)c(C(N)=S)c2)cc1. The third-order valence-electron chi connectivity index (χ3n) is 2.82. The number of rotatable bonds is 3. The number of aryl methyl sites for hydroxylation is 1. The third-order valence-corrected chi connectivity index (χ3v) is 3.04. The van der Waals surface area contributed by atoms with Crippen molar-refractivity contribution in [2.45, 2.75) is 13.1 Å². The van der Waals surface area contributed by atoms with Crippen LogP contribution in [0.25, 0.3) is 0 Å². The van der Waals surface area contributed by atoms with Crippen LogP contribution < -0.4 is 10.5 Å². The van der Waals surface area contributed by atoms with Gasteiger partial charge in [-0.05, 0) is 37.3 Å². The van der Waals surface area contributed by atoms with Gasteiger partial charge in [0.1, 0.15) is 16.5 Å². The Morgan fingerprint density at radius 2 is 1.62 bits per heavy atom. The zero-order valence-electron chi connectivity index (χ0n) is 11.1. The molecule has 0 aliphatic rings. The van der Waals surface area contributed by atoms with Gasteiger partial charge in [-0.15, -0.1) is 0 Å². The van der Waals surface area contributed by atoms with Gasteiger partial charge in [0.25, 0.3) is 0 Å². The number of nitrogens with two attached hydrogens (primary N) is 1. The maximum absolute atomic E-state index is 12.9. The molecule has 21 heavy (non-hydrogen) atoms. The molecule has 0 saturated carbocycles. The molecule has 2 aromatic rings. The molecule has 0 aliphatic carbocycles. The Morgan fingerprint density at radius 3 is 2.14 bits per heavy atom. The highest BCUT2D eigenvalue weighted by Crippen LogP contribution is 2.34. The summed E-state index contributed by atoms with van der Waals surface area (Å²) in [7, 11) is 0. The van der Waals surface area contributed by atoms with Crippen molar-refractivity contribution in [1.29, 1.82) is 0 Å². The van der Waals surface area contributed by atoms with Crippen LogP contribution in [0.5, 0.6) is 11.5 Å². The molecule has 0 atom stereocenters. The van der Waals surface area contributed by atoms with Gasteiger partial charge < -0.3 is 10.5 Å². The van der Waals surface area contributed by atoms with E-state index in [9.17, 15) is 13.2 Å². The van der Waals surface area contributed by atoms with E-state index in [4.69, 9.17) is 10.5 Å². The summed E-state index contributed by atoms with van der Waals surface area (Å²) in [6.07, 6.45) is -4.51. The molecule has 6 heteroatoms. The van der Waals surface area contributed by atoms with Crippen molar-refractivity contribution >= 4 is 17.2 Å². The van der Waals surface area contributed by atoms with E-state index in [1.807, 2.05) is 19.1 Å². The van der Waals surface area contributed by atoms with Crippen LogP contribution in [0, 0.1) is 6.92 Å². The zero-order valence-corrected chi connectivity index (χ0v) is 11.9. The van der Waals surface area contributed by atoms with Crippen molar-refractivity contribution in [3.05, 3.63) is 59.2 Å². The summed E-state index contributed by atoms with van der Waals surface area (Å²) < 4.78 is 44.1. The molecule has 0 amide bonds. The summed E-state index contributed by atoms with van der Waals surface area (Å²) in [5.41, 5.74) is 5.31. The largest absolute Gasteiger partial charge is 0.457 e. The van der Waals surface area contributed by atoms with Gasteiger partial charge in [0, 0.05) is 5.56 Å². The summed E-state index contributed by atoms with van der Waals surface area (Å²) >= 11 is 4.68. The average Bonchev–Trinajstić information content (AvgIpc) is 2.40. The highest BCUT2D eigenvalue weighted by molar-refractivity contribution is 7.80. The first-order chi connectivity index (χ1) is 9.77. The van der Waals surface area contributed by atoms with Crippen LogP contribution in [-0.2, 0) is 6.18 Å². The first kappa shape index (κ1) is 15.3. The Labute approximate surface area is 125 Å². The molecule has 0 heterocycles. The monoisotopic (exact) mass is 311 g/mol. The Balaban J connectivity index is 2.36.